The van der Waals surface area contributed by atoms with Crippen LogP contribution in [0.15, 0.2) is 42.5 Å². The summed E-state index contributed by atoms with van der Waals surface area (Å²) in [6.45, 7) is 2.20. The van der Waals surface area contributed by atoms with Crippen LogP contribution in [0, 0.1) is 5.82 Å². The molecule has 0 saturated carbocycles. The summed E-state index contributed by atoms with van der Waals surface area (Å²) in [5.74, 6) is -0.666. The van der Waals surface area contributed by atoms with E-state index in [9.17, 15) is 9.18 Å². The fraction of sp³-hybridized carbons (Fsp3) is 0.238. The number of carbonyl (C=O) groups is 1. The Morgan fingerprint density at radius 1 is 1.23 bits per heavy atom. The van der Waals surface area contributed by atoms with E-state index in [1.54, 1.807) is 30.3 Å². The van der Waals surface area contributed by atoms with Crippen LogP contribution in [0.25, 0.3) is 10.9 Å². The predicted molar refractivity (Wildman–Crippen MR) is 103 cm³/mol. The number of amides is 1. The Morgan fingerprint density at radius 2 is 2.04 bits per heavy atom. The molecule has 2 aromatic carbocycles. The smallest absolute Gasteiger partial charge is 0.258 e. The summed E-state index contributed by atoms with van der Waals surface area (Å²) in [4.78, 5) is 19.1. The van der Waals surface area contributed by atoms with Gasteiger partial charge in [-0.25, -0.2) is 4.39 Å². The van der Waals surface area contributed by atoms with Gasteiger partial charge in [-0.1, -0.05) is 29.8 Å². The zero-order valence-electron chi connectivity index (χ0n) is 14.4. The third-order valence-electron chi connectivity index (χ3n) is 4.89. The van der Waals surface area contributed by atoms with Crippen molar-refractivity contribution < 1.29 is 9.18 Å². The molecule has 4 rings (SSSR count). The van der Waals surface area contributed by atoms with Crippen molar-refractivity contribution in [1.82, 2.24) is 4.98 Å². The summed E-state index contributed by atoms with van der Waals surface area (Å²) in [6, 6.07) is 11.6. The fourth-order valence-electron chi connectivity index (χ4n) is 3.59. The van der Waals surface area contributed by atoms with E-state index in [2.05, 4.69) is 0 Å². The number of benzene rings is 2. The molecular weight excluding hydrogens is 351 g/mol. The molecule has 1 aliphatic rings. The Bertz CT molecular complexity index is 1020. The van der Waals surface area contributed by atoms with Crippen LogP contribution >= 0.6 is 11.6 Å². The van der Waals surface area contributed by atoms with Crippen LogP contribution in [-0.2, 0) is 12.8 Å². The van der Waals surface area contributed by atoms with E-state index in [4.69, 9.17) is 16.6 Å². The number of halogens is 2. The number of nitrogens with zero attached hydrogens (tertiary/aromatic N) is 2. The summed E-state index contributed by atoms with van der Waals surface area (Å²) in [7, 11) is 0. The molecule has 1 aromatic heterocycles. The molecule has 1 heterocycles. The van der Waals surface area contributed by atoms with Crippen molar-refractivity contribution in [3.63, 3.8) is 0 Å². The molecule has 0 atom stereocenters. The maximum atomic E-state index is 14.1. The first-order valence-electron chi connectivity index (χ1n) is 8.77. The topological polar surface area (TPSA) is 33.2 Å². The van der Waals surface area contributed by atoms with Crippen molar-refractivity contribution in [3.05, 3.63) is 70.1 Å². The minimum Gasteiger partial charge on any atom is -0.306 e. The number of fused-ring (bicyclic) bond motifs is 2. The number of carbonyl (C=O) groups excluding carboxylic acids is 1. The molecule has 0 spiro atoms. The number of pyridine rings is 1. The van der Waals surface area contributed by atoms with Gasteiger partial charge in [-0.15, -0.1) is 0 Å². The molecule has 3 aromatic rings. The Morgan fingerprint density at radius 3 is 2.81 bits per heavy atom. The largest absolute Gasteiger partial charge is 0.306 e. The van der Waals surface area contributed by atoms with Gasteiger partial charge in [0.2, 0.25) is 0 Å². The van der Waals surface area contributed by atoms with Crippen LogP contribution in [0.4, 0.5) is 10.1 Å². The normalized spacial score (nSPS) is 13.0. The molecule has 0 N–H and O–H groups in total. The number of anilines is 1. The molecule has 132 valence electrons. The van der Waals surface area contributed by atoms with Crippen LogP contribution in [0.5, 0.6) is 0 Å². The van der Waals surface area contributed by atoms with E-state index in [1.165, 1.54) is 11.0 Å². The monoisotopic (exact) mass is 368 g/mol. The average Bonchev–Trinajstić information content (AvgIpc) is 3.12. The van der Waals surface area contributed by atoms with Crippen LogP contribution in [0.2, 0.25) is 5.02 Å². The summed E-state index contributed by atoms with van der Waals surface area (Å²) >= 11 is 6.54. The minimum atomic E-state index is -0.414. The second kappa shape index (κ2) is 6.69. The highest BCUT2D eigenvalue weighted by molar-refractivity contribution is 6.36. The van der Waals surface area contributed by atoms with Crippen molar-refractivity contribution in [2.45, 2.75) is 26.2 Å². The first-order chi connectivity index (χ1) is 12.6. The molecule has 26 heavy (non-hydrogen) atoms. The zero-order chi connectivity index (χ0) is 18.3. The van der Waals surface area contributed by atoms with Crippen molar-refractivity contribution in [1.29, 1.82) is 0 Å². The second-order valence-corrected chi connectivity index (χ2v) is 6.82. The van der Waals surface area contributed by atoms with Gasteiger partial charge in [0.15, 0.2) is 0 Å². The van der Waals surface area contributed by atoms with E-state index in [0.717, 1.165) is 40.9 Å². The van der Waals surface area contributed by atoms with E-state index < -0.39 is 5.82 Å². The third kappa shape index (κ3) is 2.74. The number of aromatic nitrogens is 1. The van der Waals surface area contributed by atoms with Gasteiger partial charge in [-0.3, -0.25) is 9.78 Å². The quantitative estimate of drug-likeness (QED) is 0.638. The van der Waals surface area contributed by atoms with Gasteiger partial charge in [-0.05, 0) is 56.0 Å². The number of para-hydroxylation sites is 1. The molecule has 0 radical (unpaired) electrons. The molecule has 0 saturated heterocycles. The average molecular weight is 369 g/mol. The first-order valence-corrected chi connectivity index (χ1v) is 9.15. The summed E-state index contributed by atoms with van der Waals surface area (Å²) in [5, 5.41) is 1.60. The van der Waals surface area contributed by atoms with Gasteiger partial charge in [-0.2, -0.15) is 0 Å². The number of hydrogen-bond acceptors (Lipinski definition) is 2. The lowest BCUT2D eigenvalue weighted by Gasteiger charge is -2.22. The SMILES string of the molecule is CCN(C(=O)c1ccc2c(Cl)c3c(nc2c1)CCC3)c1ccccc1F. The first kappa shape index (κ1) is 17.0. The maximum absolute atomic E-state index is 14.1. The third-order valence-corrected chi connectivity index (χ3v) is 5.33. The molecule has 0 aliphatic heterocycles. The van der Waals surface area contributed by atoms with Crippen LogP contribution < -0.4 is 4.90 Å². The fourth-order valence-corrected chi connectivity index (χ4v) is 3.95. The molecular formula is C21H18ClFN2O. The highest BCUT2D eigenvalue weighted by Gasteiger charge is 2.22. The summed E-state index contributed by atoms with van der Waals surface area (Å²) < 4.78 is 14.1. The van der Waals surface area contributed by atoms with E-state index in [1.807, 2.05) is 13.0 Å². The molecule has 0 bridgehead atoms. The molecule has 5 heteroatoms. The number of hydrogen-bond donors (Lipinski definition) is 0. The lowest BCUT2D eigenvalue weighted by molar-refractivity contribution is 0.0987. The Hall–Kier alpha value is -2.46. The van der Waals surface area contributed by atoms with E-state index in [-0.39, 0.29) is 11.6 Å². The van der Waals surface area contributed by atoms with Crippen molar-refractivity contribution in [3.8, 4) is 0 Å². The van der Waals surface area contributed by atoms with Crippen LogP contribution in [0.1, 0.15) is 35.0 Å². The molecule has 3 nitrogen and oxygen atoms in total. The van der Waals surface area contributed by atoms with E-state index >= 15 is 0 Å². The highest BCUT2D eigenvalue weighted by Crippen LogP contribution is 2.34. The zero-order valence-corrected chi connectivity index (χ0v) is 15.2. The van der Waals surface area contributed by atoms with Crippen LogP contribution in [-0.4, -0.2) is 17.4 Å². The summed E-state index contributed by atoms with van der Waals surface area (Å²) in [6.07, 6.45) is 2.93. The molecule has 1 aliphatic carbocycles. The Kier molecular flexibility index (Phi) is 4.37. The minimum absolute atomic E-state index is 0.252. The van der Waals surface area contributed by atoms with Crippen molar-refractivity contribution >= 4 is 34.1 Å². The van der Waals surface area contributed by atoms with Gasteiger partial charge in [0.1, 0.15) is 5.82 Å². The van der Waals surface area contributed by atoms with Gasteiger partial charge in [0, 0.05) is 23.2 Å². The number of aryl methyl sites for hydroxylation is 1. The second-order valence-electron chi connectivity index (χ2n) is 6.44. The predicted octanol–water partition coefficient (Wildman–Crippen LogP) is 5.18. The van der Waals surface area contributed by atoms with Crippen molar-refractivity contribution in [2.75, 3.05) is 11.4 Å². The lowest BCUT2D eigenvalue weighted by Crippen LogP contribution is -2.31. The van der Waals surface area contributed by atoms with Gasteiger partial charge in [0.05, 0.1) is 16.2 Å². The Labute approximate surface area is 156 Å². The highest BCUT2D eigenvalue weighted by atomic mass is 35.5. The molecule has 0 fully saturated rings. The summed E-state index contributed by atoms with van der Waals surface area (Å²) in [5.41, 5.74) is 3.61. The van der Waals surface area contributed by atoms with Gasteiger partial charge >= 0.3 is 0 Å². The number of rotatable bonds is 3. The van der Waals surface area contributed by atoms with Gasteiger partial charge < -0.3 is 4.90 Å². The maximum Gasteiger partial charge on any atom is 0.258 e. The lowest BCUT2D eigenvalue weighted by atomic mass is 10.1. The molecule has 1 amide bonds. The van der Waals surface area contributed by atoms with Gasteiger partial charge in [0.25, 0.3) is 5.91 Å². The standard InChI is InChI=1S/C21H18ClFN2O/c1-2-25(19-9-4-3-7-16(19)23)21(26)13-10-11-15-18(12-13)24-17-8-5-6-14(17)20(15)22/h3-4,7,9-12H,2,5-6,8H2,1H3. The van der Waals surface area contributed by atoms with E-state index in [0.29, 0.717) is 17.6 Å². The Balaban J connectivity index is 1.77. The molecule has 0 unspecified atom stereocenters. The van der Waals surface area contributed by atoms with Crippen LogP contribution in [0.3, 0.4) is 0 Å². The van der Waals surface area contributed by atoms with Crippen molar-refractivity contribution in [2.24, 2.45) is 0 Å².